The molecule has 1 aromatic carbocycles. The maximum Gasteiger partial charge on any atom is 0.407 e. The summed E-state index contributed by atoms with van der Waals surface area (Å²) in [6, 6.07) is 4.42. The first-order valence-electron chi connectivity index (χ1n) is 6.80. The fraction of sp³-hybridized carbons (Fsp3) is 0.533. The second-order valence-electron chi connectivity index (χ2n) is 5.73. The van der Waals surface area contributed by atoms with Crippen molar-refractivity contribution in [1.82, 2.24) is 9.80 Å². The van der Waals surface area contributed by atoms with Crippen LogP contribution in [0.15, 0.2) is 18.2 Å². The van der Waals surface area contributed by atoms with E-state index < -0.39 is 6.09 Å². The largest absolute Gasteiger partial charge is 0.465 e. The van der Waals surface area contributed by atoms with Gasteiger partial charge in [-0.15, -0.1) is 0 Å². The highest BCUT2D eigenvalue weighted by Gasteiger charge is 2.38. The number of rotatable bonds is 3. The van der Waals surface area contributed by atoms with Crippen molar-refractivity contribution in [3.63, 3.8) is 0 Å². The van der Waals surface area contributed by atoms with Crippen LogP contribution in [0.1, 0.15) is 23.6 Å². The zero-order chi connectivity index (χ0) is 14.9. The number of nitrogens with zero attached hydrogens (tertiary/aromatic N) is 2. The molecule has 1 aliphatic rings. The summed E-state index contributed by atoms with van der Waals surface area (Å²) in [6.45, 7) is 3.20. The Kier molecular flexibility index (Phi) is 4.28. The van der Waals surface area contributed by atoms with Crippen LogP contribution < -0.4 is 0 Å². The van der Waals surface area contributed by atoms with Crippen molar-refractivity contribution in [3.8, 4) is 0 Å². The number of likely N-dealkylation sites (tertiary alicyclic amines) is 1. The predicted molar refractivity (Wildman–Crippen MR) is 75.3 cm³/mol. The summed E-state index contributed by atoms with van der Waals surface area (Å²) in [7, 11) is 3.97. The molecule has 1 amide bonds. The molecule has 0 unspecified atom stereocenters. The minimum Gasteiger partial charge on any atom is -0.465 e. The molecule has 1 aliphatic heterocycles. The summed E-state index contributed by atoms with van der Waals surface area (Å²) in [4.78, 5) is 15.0. The highest BCUT2D eigenvalue weighted by atomic mass is 19.1. The molecule has 0 spiro atoms. The van der Waals surface area contributed by atoms with E-state index in [0.29, 0.717) is 6.54 Å². The van der Waals surface area contributed by atoms with Crippen molar-refractivity contribution in [2.24, 2.45) is 5.92 Å². The molecule has 0 radical (unpaired) electrons. The summed E-state index contributed by atoms with van der Waals surface area (Å²) in [6.07, 6.45) is -0.0635. The van der Waals surface area contributed by atoms with E-state index in [2.05, 4.69) is 4.90 Å². The average molecular weight is 280 g/mol. The van der Waals surface area contributed by atoms with Crippen molar-refractivity contribution in [3.05, 3.63) is 35.1 Å². The molecular formula is C15H21FN2O2. The zero-order valence-electron chi connectivity index (χ0n) is 12.1. The van der Waals surface area contributed by atoms with Crippen LogP contribution in [0, 0.1) is 18.7 Å². The number of carboxylic acid groups (broad SMARTS) is 1. The van der Waals surface area contributed by atoms with E-state index in [1.807, 2.05) is 21.0 Å². The Morgan fingerprint density at radius 2 is 2.20 bits per heavy atom. The van der Waals surface area contributed by atoms with Crippen LogP contribution in [0.2, 0.25) is 0 Å². The molecule has 0 saturated carbocycles. The van der Waals surface area contributed by atoms with E-state index in [9.17, 15) is 14.3 Å². The molecule has 2 rings (SSSR count). The number of halogens is 1. The maximum absolute atomic E-state index is 13.3. The Balaban J connectivity index is 2.37. The molecule has 1 aromatic rings. The van der Waals surface area contributed by atoms with Crippen molar-refractivity contribution in [1.29, 1.82) is 0 Å². The predicted octanol–water partition coefficient (Wildman–Crippen LogP) is 2.74. The summed E-state index contributed by atoms with van der Waals surface area (Å²) < 4.78 is 13.3. The third kappa shape index (κ3) is 2.93. The minimum atomic E-state index is -0.903. The van der Waals surface area contributed by atoms with Crippen LogP contribution in [0.4, 0.5) is 9.18 Å². The molecule has 1 saturated heterocycles. The molecule has 5 heteroatoms. The van der Waals surface area contributed by atoms with Crippen molar-refractivity contribution >= 4 is 6.09 Å². The van der Waals surface area contributed by atoms with Gasteiger partial charge in [-0.1, -0.05) is 6.07 Å². The summed E-state index contributed by atoms with van der Waals surface area (Å²) >= 11 is 0. The molecular weight excluding hydrogens is 259 g/mol. The van der Waals surface area contributed by atoms with Gasteiger partial charge in [-0.3, -0.25) is 0 Å². The van der Waals surface area contributed by atoms with E-state index >= 15 is 0 Å². The summed E-state index contributed by atoms with van der Waals surface area (Å²) in [5.74, 6) is -0.0412. The van der Waals surface area contributed by atoms with Gasteiger partial charge in [0.2, 0.25) is 0 Å². The average Bonchev–Trinajstić information content (AvgIpc) is 2.72. The Morgan fingerprint density at radius 1 is 1.50 bits per heavy atom. The fourth-order valence-electron chi connectivity index (χ4n) is 3.12. The van der Waals surface area contributed by atoms with E-state index in [0.717, 1.165) is 24.1 Å². The molecule has 1 fully saturated rings. The van der Waals surface area contributed by atoms with Crippen LogP contribution in [-0.2, 0) is 0 Å². The molecule has 1 heterocycles. The quantitative estimate of drug-likeness (QED) is 0.926. The van der Waals surface area contributed by atoms with E-state index in [-0.39, 0.29) is 17.8 Å². The lowest BCUT2D eigenvalue weighted by Crippen LogP contribution is -2.33. The van der Waals surface area contributed by atoms with Gasteiger partial charge in [-0.2, -0.15) is 0 Å². The molecule has 20 heavy (non-hydrogen) atoms. The monoisotopic (exact) mass is 280 g/mol. The lowest BCUT2D eigenvalue weighted by atomic mass is 9.90. The molecule has 1 N–H and O–H groups in total. The first kappa shape index (κ1) is 14.8. The molecule has 4 nitrogen and oxygen atoms in total. The normalized spacial score (nSPS) is 22.6. The van der Waals surface area contributed by atoms with Gasteiger partial charge in [-0.25, -0.2) is 9.18 Å². The van der Waals surface area contributed by atoms with Gasteiger partial charge in [0, 0.05) is 13.1 Å². The highest BCUT2D eigenvalue weighted by molar-refractivity contribution is 5.66. The second-order valence-corrected chi connectivity index (χ2v) is 5.73. The van der Waals surface area contributed by atoms with Gasteiger partial charge >= 0.3 is 6.09 Å². The van der Waals surface area contributed by atoms with Crippen LogP contribution in [0.5, 0.6) is 0 Å². The van der Waals surface area contributed by atoms with Crippen molar-refractivity contribution < 1.29 is 14.3 Å². The van der Waals surface area contributed by atoms with E-state index in [4.69, 9.17) is 0 Å². The van der Waals surface area contributed by atoms with Crippen LogP contribution in [0.25, 0.3) is 0 Å². The van der Waals surface area contributed by atoms with E-state index in [1.165, 1.54) is 17.0 Å². The Labute approximate surface area is 118 Å². The maximum atomic E-state index is 13.3. The number of carbonyl (C=O) groups is 1. The summed E-state index contributed by atoms with van der Waals surface area (Å²) in [5, 5.41) is 9.38. The molecule has 110 valence electrons. The highest BCUT2D eigenvalue weighted by Crippen LogP contribution is 2.39. The van der Waals surface area contributed by atoms with Crippen LogP contribution in [0.3, 0.4) is 0 Å². The third-order valence-electron chi connectivity index (χ3n) is 3.92. The Bertz CT molecular complexity index is 505. The Morgan fingerprint density at radius 3 is 2.75 bits per heavy atom. The third-order valence-corrected chi connectivity index (χ3v) is 3.92. The van der Waals surface area contributed by atoms with Crippen LogP contribution in [-0.4, -0.2) is 48.2 Å². The van der Waals surface area contributed by atoms with Gasteiger partial charge in [0.1, 0.15) is 5.82 Å². The second kappa shape index (κ2) is 5.79. The van der Waals surface area contributed by atoms with Gasteiger partial charge in [0.15, 0.2) is 0 Å². The van der Waals surface area contributed by atoms with Crippen molar-refractivity contribution in [2.45, 2.75) is 19.4 Å². The topological polar surface area (TPSA) is 43.8 Å². The molecule has 0 aromatic heterocycles. The minimum absolute atomic E-state index is 0.185. The number of amides is 1. The zero-order valence-corrected chi connectivity index (χ0v) is 12.1. The standard InChI is InChI=1S/C15H21FN2O2/c1-10-8-12(16)4-5-13(10)14-11(9-17(2)3)6-7-18(14)15(19)20/h4-5,8,11,14H,6-7,9H2,1-3H3,(H,19,20)/t11-,14+/m0/s1. The Hall–Kier alpha value is -1.62. The SMILES string of the molecule is Cc1cc(F)ccc1[C@H]1[C@H](CN(C)C)CCN1C(=O)O. The lowest BCUT2D eigenvalue weighted by molar-refractivity contribution is 0.131. The lowest BCUT2D eigenvalue weighted by Gasteiger charge is -2.29. The molecule has 2 atom stereocenters. The first-order valence-corrected chi connectivity index (χ1v) is 6.80. The smallest absolute Gasteiger partial charge is 0.407 e. The molecule has 0 aliphatic carbocycles. The number of hydrogen-bond donors (Lipinski definition) is 1. The molecule has 0 bridgehead atoms. The van der Waals surface area contributed by atoms with Gasteiger partial charge < -0.3 is 14.9 Å². The number of hydrogen-bond acceptors (Lipinski definition) is 2. The van der Waals surface area contributed by atoms with Gasteiger partial charge in [0.05, 0.1) is 6.04 Å². The van der Waals surface area contributed by atoms with E-state index in [1.54, 1.807) is 6.07 Å². The number of benzene rings is 1. The first-order chi connectivity index (χ1) is 9.40. The summed E-state index contributed by atoms with van der Waals surface area (Å²) in [5.41, 5.74) is 1.73. The van der Waals surface area contributed by atoms with Gasteiger partial charge in [0.25, 0.3) is 0 Å². The van der Waals surface area contributed by atoms with Gasteiger partial charge in [-0.05, 0) is 56.6 Å². The van der Waals surface area contributed by atoms with Crippen molar-refractivity contribution in [2.75, 3.05) is 27.2 Å². The fourth-order valence-corrected chi connectivity index (χ4v) is 3.12. The number of aryl methyl sites for hydroxylation is 1. The van der Waals surface area contributed by atoms with Crippen LogP contribution >= 0.6 is 0 Å².